The fourth-order valence-electron chi connectivity index (χ4n) is 5.07. The van der Waals surface area contributed by atoms with E-state index in [1.54, 1.807) is 4.90 Å². The van der Waals surface area contributed by atoms with E-state index in [4.69, 9.17) is 0 Å². The third-order valence-corrected chi connectivity index (χ3v) is 6.92. The molecule has 0 saturated carbocycles. The van der Waals surface area contributed by atoms with E-state index in [2.05, 4.69) is 29.4 Å². The Morgan fingerprint density at radius 3 is 2.53 bits per heavy atom. The molecule has 1 atom stereocenters. The maximum atomic E-state index is 13.1. The molecule has 1 unspecified atom stereocenters. The fraction of sp³-hybridized carbons (Fsp3) is 0.636. The first-order chi connectivity index (χ1) is 13.6. The zero-order valence-electron chi connectivity index (χ0n) is 17.7. The Labute approximate surface area is 192 Å². The van der Waals surface area contributed by atoms with Gasteiger partial charge in [0.2, 0.25) is 11.8 Å². The van der Waals surface area contributed by atoms with Gasteiger partial charge in [-0.25, -0.2) is 0 Å². The van der Waals surface area contributed by atoms with E-state index in [0.29, 0.717) is 13.0 Å². The maximum Gasteiger partial charge on any atom is 0.242 e. The van der Waals surface area contributed by atoms with Gasteiger partial charge in [0.25, 0.3) is 0 Å². The molecule has 3 saturated heterocycles. The number of likely N-dealkylation sites (N-methyl/N-ethyl adjacent to an activating group) is 1. The molecule has 0 aromatic heterocycles. The zero-order chi connectivity index (χ0) is 19.6. The number of hydrogen-bond acceptors (Lipinski definition) is 4. The summed E-state index contributed by atoms with van der Waals surface area (Å²) in [5.74, 6) is 0.411. The van der Waals surface area contributed by atoms with Gasteiger partial charge in [-0.2, -0.15) is 0 Å². The lowest BCUT2D eigenvalue weighted by molar-refractivity contribution is -0.139. The van der Waals surface area contributed by atoms with Crippen LogP contribution in [0.25, 0.3) is 0 Å². The molecule has 3 aliphatic rings. The molecule has 8 heteroatoms. The van der Waals surface area contributed by atoms with Gasteiger partial charge < -0.3 is 15.1 Å². The van der Waals surface area contributed by atoms with Gasteiger partial charge in [0.05, 0.1) is 6.54 Å². The van der Waals surface area contributed by atoms with E-state index in [-0.39, 0.29) is 54.6 Å². The second-order valence-corrected chi connectivity index (χ2v) is 8.65. The normalized spacial score (nSPS) is 24.2. The second-order valence-electron chi connectivity index (χ2n) is 8.65. The van der Waals surface area contributed by atoms with Crippen LogP contribution in [-0.4, -0.2) is 84.9 Å². The maximum absolute atomic E-state index is 13.1. The smallest absolute Gasteiger partial charge is 0.242 e. The summed E-state index contributed by atoms with van der Waals surface area (Å²) in [6.45, 7) is 5.50. The highest BCUT2D eigenvalue weighted by Crippen LogP contribution is 2.30. The summed E-state index contributed by atoms with van der Waals surface area (Å²) < 4.78 is 0. The van der Waals surface area contributed by atoms with Crippen LogP contribution in [0.15, 0.2) is 30.3 Å². The van der Waals surface area contributed by atoms with Crippen molar-refractivity contribution in [1.29, 1.82) is 0 Å². The molecule has 6 nitrogen and oxygen atoms in total. The number of carbonyl (C=O) groups is 2. The number of carbonyl (C=O) groups excluding carboxylic acids is 2. The van der Waals surface area contributed by atoms with Crippen LogP contribution < -0.4 is 5.32 Å². The lowest BCUT2D eigenvalue weighted by Crippen LogP contribution is -2.58. The average Bonchev–Trinajstić information content (AvgIpc) is 3.00. The van der Waals surface area contributed by atoms with Crippen molar-refractivity contribution in [2.75, 3.05) is 52.9 Å². The fourth-order valence-corrected chi connectivity index (χ4v) is 5.07. The molecule has 4 rings (SSSR count). The molecule has 1 spiro atoms. The van der Waals surface area contributed by atoms with Crippen LogP contribution in [0.5, 0.6) is 0 Å². The predicted octanol–water partition coefficient (Wildman–Crippen LogP) is 2.13. The molecule has 1 N–H and O–H groups in total. The van der Waals surface area contributed by atoms with Gasteiger partial charge in [-0.1, -0.05) is 30.3 Å². The topological polar surface area (TPSA) is 55.9 Å². The summed E-state index contributed by atoms with van der Waals surface area (Å²) in [6.07, 6.45) is 3.66. The Balaban J connectivity index is 0.00000160. The van der Waals surface area contributed by atoms with Crippen LogP contribution in [0, 0.1) is 0 Å². The first kappa shape index (κ1) is 24.9. The SMILES string of the molecule is CN1CCCN(C(=O)CN2CC(c3ccccc3)CC2=O)CC12CCNCC2.Cl.Cl. The molecule has 0 aliphatic carbocycles. The van der Waals surface area contributed by atoms with Gasteiger partial charge in [0.1, 0.15) is 0 Å². The summed E-state index contributed by atoms with van der Waals surface area (Å²) in [4.78, 5) is 31.9. The van der Waals surface area contributed by atoms with Crippen molar-refractivity contribution in [3.63, 3.8) is 0 Å². The van der Waals surface area contributed by atoms with Crippen molar-refractivity contribution in [3.8, 4) is 0 Å². The minimum Gasteiger partial charge on any atom is -0.339 e. The largest absolute Gasteiger partial charge is 0.339 e. The van der Waals surface area contributed by atoms with Crippen molar-refractivity contribution < 1.29 is 9.59 Å². The summed E-state index contributed by atoms with van der Waals surface area (Å²) in [5.41, 5.74) is 1.27. The van der Waals surface area contributed by atoms with Gasteiger partial charge in [0.15, 0.2) is 0 Å². The highest BCUT2D eigenvalue weighted by Gasteiger charge is 2.41. The third kappa shape index (κ3) is 5.28. The van der Waals surface area contributed by atoms with E-state index in [1.165, 1.54) is 5.56 Å². The van der Waals surface area contributed by atoms with Crippen LogP contribution in [0.2, 0.25) is 0 Å². The number of benzene rings is 1. The van der Waals surface area contributed by atoms with Crippen LogP contribution in [0.4, 0.5) is 0 Å². The quantitative estimate of drug-likeness (QED) is 0.756. The molecule has 1 aromatic carbocycles. The van der Waals surface area contributed by atoms with Crippen molar-refractivity contribution in [2.45, 2.75) is 37.1 Å². The number of amides is 2. The minimum atomic E-state index is 0. The standard InChI is InChI=1S/C22H32N4O2.2ClH/c1-24-12-5-13-25(17-22(24)8-10-23-11-9-22)21(28)16-26-15-19(14-20(26)27)18-6-3-2-4-7-18;;/h2-4,6-7,19,23H,5,8-17H2,1H3;2*1H. The number of nitrogens with zero attached hydrogens (tertiary/aromatic N) is 3. The molecule has 0 bridgehead atoms. The van der Waals surface area contributed by atoms with E-state index < -0.39 is 0 Å². The van der Waals surface area contributed by atoms with Crippen LogP contribution in [-0.2, 0) is 9.59 Å². The van der Waals surface area contributed by atoms with E-state index in [0.717, 1.165) is 52.0 Å². The molecular formula is C22H34Cl2N4O2. The number of halogens is 2. The molecule has 2 amide bonds. The van der Waals surface area contributed by atoms with Crippen molar-refractivity contribution in [3.05, 3.63) is 35.9 Å². The summed E-state index contributed by atoms with van der Waals surface area (Å²) in [5, 5.41) is 3.44. The average molecular weight is 457 g/mol. The summed E-state index contributed by atoms with van der Waals surface area (Å²) >= 11 is 0. The lowest BCUT2D eigenvalue weighted by Gasteiger charge is -2.45. The molecular weight excluding hydrogens is 423 g/mol. The van der Waals surface area contributed by atoms with Crippen molar-refractivity contribution in [2.24, 2.45) is 0 Å². The van der Waals surface area contributed by atoms with Gasteiger partial charge in [-0.3, -0.25) is 14.5 Å². The Morgan fingerprint density at radius 2 is 1.83 bits per heavy atom. The molecule has 3 fully saturated rings. The molecule has 168 valence electrons. The van der Waals surface area contributed by atoms with Crippen LogP contribution >= 0.6 is 24.8 Å². The van der Waals surface area contributed by atoms with E-state index >= 15 is 0 Å². The molecule has 30 heavy (non-hydrogen) atoms. The van der Waals surface area contributed by atoms with E-state index in [1.807, 2.05) is 23.1 Å². The number of rotatable bonds is 3. The first-order valence-corrected chi connectivity index (χ1v) is 10.6. The van der Waals surface area contributed by atoms with Gasteiger partial charge in [-0.05, 0) is 45.0 Å². The van der Waals surface area contributed by atoms with Crippen LogP contribution in [0.1, 0.15) is 37.2 Å². The van der Waals surface area contributed by atoms with Crippen molar-refractivity contribution >= 4 is 36.6 Å². The zero-order valence-corrected chi connectivity index (χ0v) is 19.3. The molecule has 3 aliphatic heterocycles. The Hall–Kier alpha value is -1.34. The Bertz CT molecular complexity index is 712. The second kappa shape index (κ2) is 10.8. The molecule has 1 aromatic rings. The van der Waals surface area contributed by atoms with Gasteiger partial charge in [0, 0.05) is 44.1 Å². The molecule has 3 heterocycles. The summed E-state index contributed by atoms with van der Waals surface area (Å²) in [6, 6.07) is 10.2. The highest BCUT2D eigenvalue weighted by molar-refractivity contribution is 5.87. The van der Waals surface area contributed by atoms with E-state index in [9.17, 15) is 9.59 Å². The molecule has 0 radical (unpaired) electrons. The van der Waals surface area contributed by atoms with Gasteiger partial charge >= 0.3 is 0 Å². The highest BCUT2D eigenvalue weighted by atomic mass is 35.5. The third-order valence-electron chi connectivity index (χ3n) is 6.92. The number of piperidine rings is 1. The van der Waals surface area contributed by atoms with Crippen LogP contribution in [0.3, 0.4) is 0 Å². The number of nitrogens with one attached hydrogen (secondary N) is 1. The number of likely N-dealkylation sites (tertiary alicyclic amines) is 1. The number of hydrogen-bond donors (Lipinski definition) is 1. The Morgan fingerprint density at radius 1 is 1.13 bits per heavy atom. The Kier molecular flexibility index (Phi) is 8.98. The first-order valence-electron chi connectivity index (χ1n) is 10.6. The monoisotopic (exact) mass is 456 g/mol. The minimum absolute atomic E-state index is 0. The lowest BCUT2D eigenvalue weighted by atomic mass is 9.86. The predicted molar refractivity (Wildman–Crippen MR) is 124 cm³/mol. The van der Waals surface area contributed by atoms with Gasteiger partial charge in [-0.15, -0.1) is 24.8 Å². The van der Waals surface area contributed by atoms with Crippen molar-refractivity contribution in [1.82, 2.24) is 20.0 Å². The summed E-state index contributed by atoms with van der Waals surface area (Å²) in [7, 11) is 2.20.